The van der Waals surface area contributed by atoms with Gasteiger partial charge in [0.2, 0.25) is 17.8 Å². The van der Waals surface area contributed by atoms with E-state index in [9.17, 15) is 9.59 Å². The van der Waals surface area contributed by atoms with Crippen LogP contribution in [0.15, 0.2) is 0 Å². The number of aromatic nitrogens is 3. The summed E-state index contributed by atoms with van der Waals surface area (Å²) in [5.41, 5.74) is -0.955. The lowest BCUT2D eigenvalue weighted by molar-refractivity contribution is -0.135. The summed E-state index contributed by atoms with van der Waals surface area (Å²) in [7, 11) is 1.44. The molecule has 21 heavy (non-hydrogen) atoms. The van der Waals surface area contributed by atoms with Crippen molar-refractivity contribution in [1.29, 1.82) is 0 Å². The molecule has 1 aliphatic rings. The van der Waals surface area contributed by atoms with E-state index in [0.29, 0.717) is 12.5 Å². The van der Waals surface area contributed by atoms with E-state index in [1.807, 2.05) is 6.92 Å². The summed E-state index contributed by atoms with van der Waals surface area (Å²) in [5, 5.41) is 5.26. The molecular weight excluding hydrogens is 276 g/mol. The molecule has 0 radical (unpaired) electrons. The molecule has 2 heterocycles. The Morgan fingerprint density at radius 3 is 2.67 bits per heavy atom. The average molecular weight is 294 g/mol. The largest absolute Gasteiger partial charge is 0.467 e. The summed E-state index contributed by atoms with van der Waals surface area (Å²) in [6.07, 6.45) is 0. The summed E-state index contributed by atoms with van der Waals surface area (Å²) < 4.78 is 5.04. The third kappa shape index (κ3) is 2.86. The number of amides is 2. The highest BCUT2D eigenvalue weighted by Gasteiger charge is 2.42. The minimum Gasteiger partial charge on any atom is -0.467 e. The molecule has 0 unspecified atom stereocenters. The maximum Gasteiger partial charge on any atom is 0.322 e. The van der Waals surface area contributed by atoms with Crippen LogP contribution >= 0.6 is 0 Å². The van der Waals surface area contributed by atoms with Gasteiger partial charge in [0.15, 0.2) is 0 Å². The number of rotatable bonds is 4. The van der Waals surface area contributed by atoms with Gasteiger partial charge in [0.1, 0.15) is 12.1 Å². The van der Waals surface area contributed by atoms with Crippen LogP contribution in [0.3, 0.4) is 0 Å². The Labute approximate surface area is 122 Å². The predicted molar refractivity (Wildman–Crippen MR) is 75.1 cm³/mol. The van der Waals surface area contributed by atoms with Crippen molar-refractivity contribution in [3.63, 3.8) is 0 Å². The zero-order valence-corrected chi connectivity index (χ0v) is 12.4. The fraction of sp³-hybridized carbons (Fsp3) is 0.583. The van der Waals surface area contributed by atoms with Gasteiger partial charge in [0.05, 0.1) is 7.11 Å². The van der Waals surface area contributed by atoms with Crippen LogP contribution in [0, 0.1) is 0 Å². The number of ether oxygens (including phenoxy) is 1. The van der Waals surface area contributed by atoms with E-state index in [1.165, 1.54) is 12.0 Å². The third-order valence-electron chi connectivity index (χ3n) is 3.15. The van der Waals surface area contributed by atoms with Gasteiger partial charge >= 0.3 is 6.01 Å². The molecule has 9 nitrogen and oxygen atoms in total. The predicted octanol–water partition coefficient (Wildman–Crippen LogP) is -0.447. The molecule has 114 valence electrons. The van der Waals surface area contributed by atoms with E-state index in [4.69, 9.17) is 4.74 Å². The van der Waals surface area contributed by atoms with Crippen LogP contribution < -0.4 is 20.3 Å². The highest BCUT2D eigenvalue weighted by molar-refractivity contribution is 6.06. The zero-order valence-electron chi connectivity index (χ0n) is 12.4. The first-order valence-electron chi connectivity index (χ1n) is 6.54. The number of carbonyl (C=O) groups is 2. The van der Waals surface area contributed by atoms with E-state index in [1.54, 1.807) is 13.8 Å². The van der Waals surface area contributed by atoms with Crippen molar-refractivity contribution in [2.75, 3.05) is 30.4 Å². The lowest BCUT2D eigenvalue weighted by atomic mass is 9.99. The second kappa shape index (κ2) is 5.51. The number of nitrogens with one attached hydrogen (secondary N) is 2. The van der Waals surface area contributed by atoms with Gasteiger partial charge in [-0.3, -0.25) is 14.9 Å². The van der Waals surface area contributed by atoms with E-state index in [-0.39, 0.29) is 18.5 Å². The molecule has 0 aliphatic carbocycles. The van der Waals surface area contributed by atoms with Gasteiger partial charge in [0.25, 0.3) is 5.91 Å². The number of methoxy groups -OCH3 is 1. The zero-order chi connectivity index (χ0) is 15.6. The van der Waals surface area contributed by atoms with Crippen molar-refractivity contribution in [2.45, 2.75) is 26.3 Å². The van der Waals surface area contributed by atoms with Gasteiger partial charge in [-0.25, -0.2) is 0 Å². The van der Waals surface area contributed by atoms with Crippen LogP contribution in [0.4, 0.5) is 11.9 Å². The SMILES string of the molecule is CCNc1nc(OC)nc(N2CC(=O)NC(=O)C2(C)C)n1. The number of imide groups is 1. The lowest BCUT2D eigenvalue weighted by Gasteiger charge is -2.39. The topological polar surface area (TPSA) is 109 Å². The molecule has 0 saturated carbocycles. The minimum absolute atomic E-state index is 0.0164. The highest BCUT2D eigenvalue weighted by Crippen LogP contribution is 2.25. The van der Waals surface area contributed by atoms with Gasteiger partial charge in [0, 0.05) is 6.54 Å². The number of hydrogen-bond donors (Lipinski definition) is 2. The fourth-order valence-electron chi connectivity index (χ4n) is 1.90. The molecule has 1 fully saturated rings. The molecule has 1 saturated heterocycles. The van der Waals surface area contributed by atoms with Crippen LogP contribution in [-0.4, -0.2) is 52.5 Å². The first kappa shape index (κ1) is 14.9. The number of carbonyl (C=O) groups excluding carboxylic acids is 2. The van der Waals surface area contributed by atoms with Crippen molar-refractivity contribution in [3.8, 4) is 6.01 Å². The Hall–Kier alpha value is -2.45. The molecule has 1 aromatic rings. The first-order chi connectivity index (χ1) is 9.88. The minimum atomic E-state index is -0.955. The quantitative estimate of drug-likeness (QED) is 0.719. The molecular formula is C12H18N6O3. The van der Waals surface area contributed by atoms with Crippen LogP contribution in [0.1, 0.15) is 20.8 Å². The van der Waals surface area contributed by atoms with Crippen LogP contribution in [0.25, 0.3) is 0 Å². The Bertz CT molecular complexity index is 574. The van der Waals surface area contributed by atoms with Crippen molar-refractivity contribution in [3.05, 3.63) is 0 Å². The summed E-state index contributed by atoms with van der Waals surface area (Å²) in [6.45, 7) is 5.89. The number of piperazine rings is 1. The molecule has 0 spiro atoms. The maximum absolute atomic E-state index is 12.0. The molecule has 9 heteroatoms. The van der Waals surface area contributed by atoms with E-state index in [0.717, 1.165) is 0 Å². The Balaban J connectivity index is 2.45. The summed E-state index contributed by atoms with van der Waals surface area (Å²) in [4.78, 5) is 37.6. The molecule has 1 aromatic heterocycles. The molecule has 0 aromatic carbocycles. The second-order valence-electron chi connectivity index (χ2n) is 5.00. The van der Waals surface area contributed by atoms with E-state index < -0.39 is 17.4 Å². The smallest absolute Gasteiger partial charge is 0.322 e. The second-order valence-corrected chi connectivity index (χ2v) is 5.00. The summed E-state index contributed by atoms with van der Waals surface area (Å²) in [5.74, 6) is -0.258. The molecule has 0 atom stereocenters. The van der Waals surface area contributed by atoms with Gasteiger partial charge in [-0.2, -0.15) is 15.0 Å². The molecule has 1 aliphatic heterocycles. The Morgan fingerprint density at radius 2 is 2.05 bits per heavy atom. The van der Waals surface area contributed by atoms with E-state index in [2.05, 4.69) is 25.6 Å². The normalized spacial score (nSPS) is 17.4. The summed E-state index contributed by atoms with van der Waals surface area (Å²) >= 11 is 0. The van der Waals surface area contributed by atoms with Crippen LogP contribution in [0.2, 0.25) is 0 Å². The Morgan fingerprint density at radius 1 is 1.33 bits per heavy atom. The first-order valence-corrected chi connectivity index (χ1v) is 6.54. The standard InChI is InChI=1S/C12H18N6O3/c1-5-13-9-15-10(17-11(16-9)21-4)18-6-7(19)14-8(20)12(18,2)3/h5-6H2,1-4H3,(H,14,19,20)(H,13,15,16,17). The lowest BCUT2D eigenvalue weighted by Crippen LogP contribution is -2.64. The summed E-state index contributed by atoms with van der Waals surface area (Å²) in [6, 6.07) is 0.116. The highest BCUT2D eigenvalue weighted by atomic mass is 16.5. The van der Waals surface area contributed by atoms with Gasteiger partial charge in [-0.15, -0.1) is 0 Å². The van der Waals surface area contributed by atoms with Crippen LogP contribution in [-0.2, 0) is 9.59 Å². The number of nitrogens with zero attached hydrogens (tertiary/aromatic N) is 4. The van der Waals surface area contributed by atoms with Crippen molar-refractivity contribution in [2.24, 2.45) is 0 Å². The van der Waals surface area contributed by atoms with Gasteiger partial charge in [-0.05, 0) is 20.8 Å². The number of anilines is 2. The van der Waals surface area contributed by atoms with Gasteiger partial charge < -0.3 is 15.0 Å². The molecule has 0 bridgehead atoms. The molecule has 2 amide bonds. The van der Waals surface area contributed by atoms with Gasteiger partial charge in [-0.1, -0.05) is 0 Å². The third-order valence-corrected chi connectivity index (χ3v) is 3.15. The monoisotopic (exact) mass is 294 g/mol. The Kier molecular flexibility index (Phi) is 3.92. The fourth-order valence-corrected chi connectivity index (χ4v) is 1.90. The van der Waals surface area contributed by atoms with Crippen LogP contribution in [0.5, 0.6) is 6.01 Å². The average Bonchev–Trinajstić information content (AvgIpc) is 2.43. The van der Waals surface area contributed by atoms with Crippen molar-refractivity contribution in [1.82, 2.24) is 20.3 Å². The molecule has 2 N–H and O–H groups in total. The number of hydrogen-bond acceptors (Lipinski definition) is 8. The molecule has 2 rings (SSSR count). The van der Waals surface area contributed by atoms with Crippen molar-refractivity contribution < 1.29 is 14.3 Å². The van der Waals surface area contributed by atoms with Crippen molar-refractivity contribution >= 4 is 23.7 Å². The van der Waals surface area contributed by atoms with E-state index >= 15 is 0 Å². The maximum atomic E-state index is 12.0.